The maximum atomic E-state index is 13.2. The number of carbonyl (C=O) groups excluding carboxylic acids is 2. The summed E-state index contributed by atoms with van der Waals surface area (Å²) in [6.45, 7) is 8.05. The van der Waals surface area contributed by atoms with Crippen LogP contribution in [-0.4, -0.2) is 27.9 Å². The highest BCUT2D eigenvalue weighted by atomic mass is 16.5. The van der Waals surface area contributed by atoms with E-state index in [4.69, 9.17) is 4.74 Å². The summed E-state index contributed by atoms with van der Waals surface area (Å²) in [6.07, 6.45) is 1.58. The van der Waals surface area contributed by atoms with Gasteiger partial charge in [0.05, 0.1) is 17.7 Å². The molecule has 4 rings (SSSR count). The van der Waals surface area contributed by atoms with Crippen LogP contribution in [0, 0.1) is 0 Å². The van der Waals surface area contributed by atoms with Crippen molar-refractivity contribution in [3.8, 4) is 5.75 Å². The Bertz CT molecular complexity index is 1210. The molecule has 6 heteroatoms. The standard InChI is InChI=1S/C28H28N2O4/c1-17(2)19-8-10-20(11-9-19)25-24(26(31)21-12-14-22(15-13-21)34-18(3)4)27(32)28(33)30(25)23-7-5-6-16-29-23/h5-18,25,31H,1-4H3. The van der Waals surface area contributed by atoms with Gasteiger partial charge in [0.15, 0.2) is 0 Å². The Hall–Kier alpha value is -3.93. The van der Waals surface area contributed by atoms with Crippen molar-refractivity contribution in [3.05, 3.63) is 95.2 Å². The zero-order valence-corrected chi connectivity index (χ0v) is 19.7. The highest BCUT2D eigenvalue weighted by Gasteiger charge is 2.47. The fraction of sp³-hybridized carbons (Fsp3) is 0.250. The fourth-order valence-electron chi connectivity index (χ4n) is 4.06. The van der Waals surface area contributed by atoms with E-state index in [-0.39, 0.29) is 17.4 Å². The van der Waals surface area contributed by atoms with Gasteiger partial charge in [-0.2, -0.15) is 0 Å². The van der Waals surface area contributed by atoms with Crippen molar-refractivity contribution in [2.24, 2.45) is 0 Å². The minimum absolute atomic E-state index is 0.0111. The number of rotatable bonds is 6. The molecule has 2 heterocycles. The molecule has 34 heavy (non-hydrogen) atoms. The number of amides is 1. The van der Waals surface area contributed by atoms with Crippen molar-refractivity contribution in [1.29, 1.82) is 0 Å². The van der Waals surface area contributed by atoms with Crippen molar-refractivity contribution >= 4 is 23.3 Å². The zero-order chi connectivity index (χ0) is 24.4. The first-order valence-electron chi connectivity index (χ1n) is 11.4. The lowest BCUT2D eigenvalue weighted by atomic mass is 9.93. The number of anilines is 1. The number of Topliss-reactive ketones (excluding diaryl/α,β-unsaturated/α-hetero) is 1. The predicted octanol–water partition coefficient (Wildman–Crippen LogP) is 5.62. The molecule has 1 aliphatic heterocycles. The molecular weight excluding hydrogens is 428 g/mol. The number of aliphatic hydroxyl groups excluding tert-OH is 1. The fourth-order valence-corrected chi connectivity index (χ4v) is 4.06. The summed E-state index contributed by atoms with van der Waals surface area (Å²) in [5, 5.41) is 11.2. The molecule has 0 bridgehead atoms. The summed E-state index contributed by atoms with van der Waals surface area (Å²) in [5.41, 5.74) is 2.32. The number of pyridine rings is 1. The van der Waals surface area contributed by atoms with Gasteiger partial charge < -0.3 is 9.84 Å². The molecule has 3 aromatic rings. The Kier molecular flexibility index (Phi) is 6.50. The normalized spacial score (nSPS) is 17.6. The Morgan fingerprint density at radius 1 is 0.941 bits per heavy atom. The predicted molar refractivity (Wildman–Crippen MR) is 132 cm³/mol. The lowest BCUT2D eigenvalue weighted by molar-refractivity contribution is -0.132. The lowest BCUT2D eigenvalue weighted by Crippen LogP contribution is -2.30. The van der Waals surface area contributed by atoms with Gasteiger partial charge in [0, 0.05) is 11.8 Å². The Balaban J connectivity index is 1.85. The number of carbonyl (C=O) groups is 2. The third-order valence-electron chi connectivity index (χ3n) is 5.76. The van der Waals surface area contributed by atoms with E-state index in [1.165, 1.54) is 4.90 Å². The molecule has 174 valence electrons. The average Bonchev–Trinajstić information content (AvgIpc) is 3.09. The SMILES string of the molecule is CC(C)Oc1ccc(C(O)=C2C(=O)C(=O)N(c3ccccn3)C2c2ccc(C(C)C)cc2)cc1. The maximum Gasteiger partial charge on any atom is 0.301 e. The Morgan fingerprint density at radius 2 is 1.62 bits per heavy atom. The summed E-state index contributed by atoms with van der Waals surface area (Å²) < 4.78 is 5.67. The van der Waals surface area contributed by atoms with E-state index in [9.17, 15) is 14.7 Å². The molecule has 1 aromatic heterocycles. The molecule has 1 atom stereocenters. The highest BCUT2D eigenvalue weighted by molar-refractivity contribution is 6.51. The number of aromatic nitrogens is 1. The second-order valence-corrected chi connectivity index (χ2v) is 8.87. The van der Waals surface area contributed by atoms with E-state index >= 15 is 0 Å². The molecule has 0 saturated carbocycles. The van der Waals surface area contributed by atoms with Gasteiger partial charge in [0.1, 0.15) is 17.3 Å². The van der Waals surface area contributed by atoms with Gasteiger partial charge in [0.25, 0.3) is 5.78 Å². The van der Waals surface area contributed by atoms with E-state index in [1.807, 2.05) is 38.1 Å². The van der Waals surface area contributed by atoms with Gasteiger partial charge in [-0.15, -0.1) is 0 Å². The minimum atomic E-state index is -0.803. The summed E-state index contributed by atoms with van der Waals surface area (Å²) in [4.78, 5) is 32.0. The topological polar surface area (TPSA) is 79.7 Å². The van der Waals surface area contributed by atoms with Crippen LogP contribution in [0.25, 0.3) is 5.76 Å². The van der Waals surface area contributed by atoms with Gasteiger partial charge in [-0.05, 0) is 67.3 Å². The first-order valence-corrected chi connectivity index (χ1v) is 11.4. The van der Waals surface area contributed by atoms with Crippen molar-refractivity contribution in [2.75, 3.05) is 4.90 Å². The number of ether oxygens (including phenoxy) is 1. The van der Waals surface area contributed by atoms with Gasteiger partial charge in [-0.25, -0.2) is 4.98 Å². The van der Waals surface area contributed by atoms with E-state index in [0.29, 0.717) is 23.0 Å². The van der Waals surface area contributed by atoms with Gasteiger partial charge in [-0.1, -0.05) is 44.2 Å². The second kappa shape index (κ2) is 9.51. The molecule has 6 nitrogen and oxygen atoms in total. The summed E-state index contributed by atoms with van der Waals surface area (Å²) in [5.74, 6) is -0.362. The first kappa shape index (κ1) is 23.2. The molecular formula is C28H28N2O4. The van der Waals surface area contributed by atoms with Gasteiger partial charge in [-0.3, -0.25) is 14.5 Å². The van der Waals surface area contributed by atoms with E-state index < -0.39 is 17.7 Å². The molecule has 1 unspecified atom stereocenters. The lowest BCUT2D eigenvalue weighted by Gasteiger charge is -2.24. The first-order chi connectivity index (χ1) is 16.3. The number of hydrogen-bond donors (Lipinski definition) is 1. The quantitative estimate of drug-likeness (QED) is 0.296. The molecule has 0 spiro atoms. The smallest absolute Gasteiger partial charge is 0.301 e. The largest absolute Gasteiger partial charge is 0.507 e. The number of ketones is 1. The van der Waals surface area contributed by atoms with E-state index in [0.717, 1.165) is 11.1 Å². The molecule has 1 fully saturated rings. The Morgan fingerprint density at radius 3 is 2.18 bits per heavy atom. The molecule has 1 saturated heterocycles. The van der Waals surface area contributed by atoms with E-state index in [1.54, 1.807) is 48.7 Å². The molecule has 2 aromatic carbocycles. The average molecular weight is 457 g/mol. The van der Waals surface area contributed by atoms with Crippen LogP contribution < -0.4 is 9.64 Å². The van der Waals surface area contributed by atoms with Crippen molar-refractivity contribution in [3.63, 3.8) is 0 Å². The maximum absolute atomic E-state index is 13.2. The zero-order valence-electron chi connectivity index (χ0n) is 19.7. The summed E-state index contributed by atoms with van der Waals surface area (Å²) >= 11 is 0. The van der Waals surface area contributed by atoms with Gasteiger partial charge >= 0.3 is 5.91 Å². The Labute approximate surface area is 199 Å². The van der Waals surface area contributed by atoms with Crippen LogP contribution in [0.5, 0.6) is 5.75 Å². The van der Waals surface area contributed by atoms with Crippen LogP contribution in [0.3, 0.4) is 0 Å². The van der Waals surface area contributed by atoms with Crippen molar-refractivity contribution in [1.82, 2.24) is 4.98 Å². The highest BCUT2D eigenvalue weighted by Crippen LogP contribution is 2.41. The molecule has 1 N–H and O–H groups in total. The number of aliphatic hydroxyl groups is 1. The third kappa shape index (κ3) is 4.44. The number of nitrogens with zero attached hydrogens (tertiary/aromatic N) is 2. The summed E-state index contributed by atoms with van der Waals surface area (Å²) in [7, 11) is 0. The summed E-state index contributed by atoms with van der Waals surface area (Å²) in [6, 6.07) is 19.0. The monoisotopic (exact) mass is 456 g/mol. The second-order valence-electron chi connectivity index (χ2n) is 8.87. The van der Waals surface area contributed by atoms with E-state index in [2.05, 4.69) is 18.8 Å². The third-order valence-corrected chi connectivity index (χ3v) is 5.76. The van der Waals surface area contributed by atoms with Crippen LogP contribution >= 0.6 is 0 Å². The minimum Gasteiger partial charge on any atom is -0.507 e. The molecule has 1 aliphatic rings. The van der Waals surface area contributed by atoms with Gasteiger partial charge in [0.2, 0.25) is 0 Å². The molecule has 0 radical (unpaired) electrons. The van der Waals surface area contributed by atoms with Crippen LogP contribution in [0.15, 0.2) is 78.5 Å². The molecule has 1 amide bonds. The van der Waals surface area contributed by atoms with Crippen molar-refractivity contribution in [2.45, 2.75) is 45.8 Å². The van der Waals surface area contributed by atoms with Crippen LogP contribution in [-0.2, 0) is 9.59 Å². The van der Waals surface area contributed by atoms with Crippen LogP contribution in [0.4, 0.5) is 5.82 Å². The van der Waals surface area contributed by atoms with Crippen molar-refractivity contribution < 1.29 is 19.4 Å². The number of benzene rings is 2. The van der Waals surface area contributed by atoms with Crippen LogP contribution in [0.2, 0.25) is 0 Å². The molecule has 0 aliphatic carbocycles. The van der Waals surface area contributed by atoms with Crippen LogP contribution in [0.1, 0.15) is 56.3 Å². The number of hydrogen-bond acceptors (Lipinski definition) is 5.